The van der Waals surface area contributed by atoms with Gasteiger partial charge in [0.05, 0.1) is 0 Å². The molecule has 11 heavy (non-hydrogen) atoms. The number of aldehydes is 1. The molecule has 0 heterocycles. The van der Waals surface area contributed by atoms with Crippen molar-refractivity contribution in [3.8, 4) is 0 Å². The fraction of sp³-hybridized carbons (Fsp3) is 0.900. The van der Waals surface area contributed by atoms with Crippen LogP contribution in [-0.2, 0) is 4.79 Å². The minimum absolute atomic E-state index is 0.492. The van der Waals surface area contributed by atoms with Crippen LogP contribution < -0.4 is 0 Å². The molecule has 0 bridgehead atoms. The van der Waals surface area contributed by atoms with Crippen molar-refractivity contribution in [1.82, 2.24) is 0 Å². The van der Waals surface area contributed by atoms with Crippen LogP contribution >= 0.6 is 0 Å². The molecule has 1 fully saturated rings. The predicted molar refractivity (Wildman–Crippen MR) is 46.4 cm³/mol. The summed E-state index contributed by atoms with van der Waals surface area (Å²) in [7, 11) is 0. The van der Waals surface area contributed by atoms with Gasteiger partial charge in [0.15, 0.2) is 0 Å². The van der Waals surface area contributed by atoms with Crippen LogP contribution in [0.3, 0.4) is 0 Å². The van der Waals surface area contributed by atoms with E-state index in [0.717, 1.165) is 12.7 Å². The monoisotopic (exact) mass is 154 g/mol. The molecule has 64 valence electrons. The highest BCUT2D eigenvalue weighted by Gasteiger charge is 2.27. The molecule has 0 saturated heterocycles. The summed E-state index contributed by atoms with van der Waals surface area (Å²) in [4.78, 5) is 10.3. The molecule has 0 aromatic rings. The Hall–Kier alpha value is -0.330. The smallest absolute Gasteiger partial charge is 0.120 e. The molecular weight excluding hydrogens is 136 g/mol. The number of rotatable bonds is 2. The van der Waals surface area contributed by atoms with E-state index in [1.807, 2.05) is 0 Å². The quantitative estimate of drug-likeness (QED) is 0.559. The molecule has 0 radical (unpaired) electrons. The average molecular weight is 154 g/mol. The van der Waals surface area contributed by atoms with Gasteiger partial charge in [-0.3, -0.25) is 0 Å². The summed E-state index contributed by atoms with van der Waals surface area (Å²) in [6.45, 7) is 4.62. The number of hydrogen-bond donors (Lipinski definition) is 0. The van der Waals surface area contributed by atoms with Crippen molar-refractivity contribution in [2.24, 2.45) is 11.3 Å². The zero-order valence-corrected chi connectivity index (χ0v) is 7.60. The van der Waals surface area contributed by atoms with Crippen molar-refractivity contribution in [3.63, 3.8) is 0 Å². The van der Waals surface area contributed by atoms with Crippen molar-refractivity contribution in [1.29, 1.82) is 0 Å². The van der Waals surface area contributed by atoms with Crippen LogP contribution in [0, 0.1) is 11.3 Å². The molecule has 0 aromatic heterocycles. The van der Waals surface area contributed by atoms with Gasteiger partial charge in [-0.15, -0.1) is 0 Å². The third-order valence-corrected chi connectivity index (χ3v) is 2.74. The van der Waals surface area contributed by atoms with Gasteiger partial charge in [-0.25, -0.2) is 0 Å². The van der Waals surface area contributed by atoms with E-state index >= 15 is 0 Å². The summed E-state index contributed by atoms with van der Waals surface area (Å²) in [6.07, 6.45) is 7.01. The zero-order chi connectivity index (χ0) is 8.32. The molecule has 0 N–H and O–H groups in total. The molecule has 1 rings (SSSR count). The van der Waals surface area contributed by atoms with Crippen molar-refractivity contribution in [3.05, 3.63) is 0 Å². The van der Waals surface area contributed by atoms with Crippen LogP contribution in [0.1, 0.15) is 46.0 Å². The third kappa shape index (κ3) is 2.64. The predicted octanol–water partition coefficient (Wildman–Crippen LogP) is 2.79. The lowest BCUT2D eigenvalue weighted by Crippen LogP contribution is -2.22. The largest absolute Gasteiger partial charge is 0.303 e. The number of carbonyl (C=O) groups is 1. The lowest BCUT2D eigenvalue weighted by Gasteiger charge is -2.34. The van der Waals surface area contributed by atoms with Crippen LogP contribution in [0.25, 0.3) is 0 Å². The minimum Gasteiger partial charge on any atom is -0.303 e. The SMILES string of the molecule is CC1(C)CCC[C@H](CC=O)C1. The highest BCUT2D eigenvalue weighted by Crippen LogP contribution is 2.39. The summed E-state index contributed by atoms with van der Waals surface area (Å²) in [6, 6.07) is 0. The van der Waals surface area contributed by atoms with Gasteiger partial charge in [0, 0.05) is 6.42 Å². The molecule has 1 aliphatic rings. The fourth-order valence-electron chi connectivity index (χ4n) is 2.19. The summed E-state index contributed by atoms with van der Waals surface area (Å²) < 4.78 is 0. The molecule has 1 aliphatic carbocycles. The lowest BCUT2D eigenvalue weighted by molar-refractivity contribution is -0.109. The van der Waals surface area contributed by atoms with E-state index in [1.165, 1.54) is 25.7 Å². The first-order valence-electron chi connectivity index (χ1n) is 4.58. The number of hydrogen-bond acceptors (Lipinski definition) is 1. The van der Waals surface area contributed by atoms with Gasteiger partial charge < -0.3 is 4.79 Å². The Morgan fingerprint density at radius 3 is 2.82 bits per heavy atom. The molecule has 0 unspecified atom stereocenters. The summed E-state index contributed by atoms with van der Waals surface area (Å²) in [5.41, 5.74) is 0.492. The molecular formula is C10H18O. The van der Waals surface area contributed by atoms with Crippen molar-refractivity contribution < 1.29 is 4.79 Å². The van der Waals surface area contributed by atoms with Gasteiger partial charge in [-0.2, -0.15) is 0 Å². The Morgan fingerprint density at radius 1 is 1.55 bits per heavy atom. The van der Waals surface area contributed by atoms with E-state index < -0.39 is 0 Å². The Kier molecular flexibility index (Phi) is 2.69. The molecule has 0 aliphatic heterocycles. The highest BCUT2D eigenvalue weighted by molar-refractivity contribution is 5.49. The van der Waals surface area contributed by atoms with Gasteiger partial charge in [0.25, 0.3) is 0 Å². The fourth-order valence-corrected chi connectivity index (χ4v) is 2.19. The molecule has 0 amide bonds. The second-order valence-electron chi connectivity index (χ2n) is 4.53. The van der Waals surface area contributed by atoms with Crippen LogP contribution in [0.4, 0.5) is 0 Å². The van der Waals surface area contributed by atoms with E-state index in [1.54, 1.807) is 0 Å². The van der Waals surface area contributed by atoms with Gasteiger partial charge in [-0.05, 0) is 30.6 Å². The molecule has 1 heteroatoms. The highest BCUT2D eigenvalue weighted by atomic mass is 16.1. The third-order valence-electron chi connectivity index (χ3n) is 2.74. The average Bonchev–Trinajstić information content (AvgIpc) is 1.85. The van der Waals surface area contributed by atoms with E-state index in [4.69, 9.17) is 0 Å². The first-order chi connectivity index (χ1) is 5.14. The molecule has 1 saturated carbocycles. The summed E-state index contributed by atoms with van der Waals surface area (Å²) in [5, 5.41) is 0. The second kappa shape index (κ2) is 3.38. The zero-order valence-electron chi connectivity index (χ0n) is 7.60. The lowest BCUT2D eigenvalue weighted by atomic mass is 9.71. The van der Waals surface area contributed by atoms with Crippen LogP contribution in [0.15, 0.2) is 0 Å². The van der Waals surface area contributed by atoms with Crippen molar-refractivity contribution in [2.45, 2.75) is 46.0 Å². The standard InChI is InChI=1S/C10H18O/c1-10(2)6-3-4-9(8-10)5-7-11/h7,9H,3-6,8H2,1-2H3/t9-/m1/s1. The maximum atomic E-state index is 10.3. The Morgan fingerprint density at radius 2 is 2.27 bits per heavy atom. The van der Waals surface area contributed by atoms with Gasteiger partial charge in [0.1, 0.15) is 6.29 Å². The van der Waals surface area contributed by atoms with E-state index in [0.29, 0.717) is 11.3 Å². The second-order valence-corrected chi connectivity index (χ2v) is 4.53. The summed E-state index contributed by atoms with van der Waals surface area (Å²) >= 11 is 0. The van der Waals surface area contributed by atoms with Gasteiger partial charge >= 0.3 is 0 Å². The van der Waals surface area contributed by atoms with Crippen LogP contribution in [0.5, 0.6) is 0 Å². The maximum absolute atomic E-state index is 10.3. The van der Waals surface area contributed by atoms with E-state index in [-0.39, 0.29) is 0 Å². The first kappa shape index (κ1) is 8.76. The molecule has 1 nitrogen and oxygen atoms in total. The normalized spacial score (nSPS) is 29.8. The summed E-state index contributed by atoms with van der Waals surface area (Å²) in [5.74, 6) is 0.677. The number of carbonyl (C=O) groups excluding carboxylic acids is 1. The maximum Gasteiger partial charge on any atom is 0.120 e. The minimum atomic E-state index is 0.492. The van der Waals surface area contributed by atoms with Gasteiger partial charge in [0.2, 0.25) is 0 Å². The molecule has 1 atom stereocenters. The molecule has 0 aromatic carbocycles. The van der Waals surface area contributed by atoms with E-state index in [2.05, 4.69) is 13.8 Å². The topological polar surface area (TPSA) is 17.1 Å². The van der Waals surface area contributed by atoms with Crippen molar-refractivity contribution in [2.75, 3.05) is 0 Å². The van der Waals surface area contributed by atoms with Crippen LogP contribution in [-0.4, -0.2) is 6.29 Å². The Balaban J connectivity index is 2.39. The Labute approximate surface area is 69.2 Å². The van der Waals surface area contributed by atoms with E-state index in [9.17, 15) is 4.79 Å². The van der Waals surface area contributed by atoms with Crippen molar-refractivity contribution >= 4 is 6.29 Å². The molecule has 0 spiro atoms. The first-order valence-corrected chi connectivity index (χ1v) is 4.58. The van der Waals surface area contributed by atoms with Crippen LogP contribution in [0.2, 0.25) is 0 Å². The van der Waals surface area contributed by atoms with Gasteiger partial charge in [-0.1, -0.05) is 20.3 Å². The Bertz CT molecular complexity index is 138.